The predicted molar refractivity (Wildman–Crippen MR) is 83.1 cm³/mol. The summed E-state index contributed by atoms with van der Waals surface area (Å²) in [6.45, 7) is 0.443. The largest absolute Gasteiger partial charge is 0.443 e. The fourth-order valence-corrected chi connectivity index (χ4v) is 2.68. The minimum absolute atomic E-state index is 0.133. The Hall–Kier alpha value is -2.52. The van der Waals surface area contributed by atoms with Crippen molar-refractivity contribution in [3.63, 3.8) is 0 Å². The molecule has 1 saturated heterocycles. The number of hydrogen-bond acceptors (Lipinski definition) is 6. The van der Waals surface area contributed by atoms with E-state index in [-0.39, 0.29) is 18.7 Å². The van der Waals surface area contributed by atoms with Crippen molar-refractivity contribution in [1.82, 2.24) is 4.98 Å². The first-order valence-electron chi connectivity index (χ1n) is 6.77. The molecule has 2 amide bonds. The molecule has 120 valence electrons. The maximum Gasteiger partial charge on any atom is 0.414 e. The van der Waals surface area contributed by atoms with Gasteiger partial charge in [-0.05, 0) is 18.2 Å². The van der Waals surface area contributed by atoms with Crippen LogP contribution in [-0.4, -0.2) is 36.2 Å². The average molecular weight is 336 g/mol. The number of carbonyl (C=O) groups excluding carboxylic acids is 2. The third-order valence-corrected chi connectivity index (χ3v) is 3.99. The molecule has 9 heteroatoms. The number of ether oxygens (including phenoxy) is 1. The van der Waals surface area contributed by atoms with Crippen molar-refractivity contribution in [3.05, 3.63) is 41.2 Å². The van der Waals surface area contributed by atoms with Crippen LogP contribution in [0.4, 0.5) is 20.0 Å². The molecule has 0 saturated carbocycles. The quantitative estimate of drug-likeness (QED) is 0.887. The van der Waals surface area contributed by atoms with E-state index in [0.29, 0.717) is 10.8 Å². The van der Waals surface area contributed by atoms with Gasteiger partial charge in [0.05, 0.1) is 17.8 Å². The van der Waals surface area contributed by atoms with Crippen LogP contribution < -0.4 is 16.0 Å². The highest BCUT2D eigenvalue weighted by molar-refractivity contribution is 7.13. The van der Waals surface area contributed by atoms with E-state index < -0.39 is 23.9 Å². The molecule has 1 aromatic heterocycles. The molecule has 0 aliphatic carbocycles. The summed E-state index contributed by atoms with van der Waals surface area (Å²) >= 11 is 1.23. The number of nitrogens with two attached hydrogens (primary N) is 1. The van der Waals surface area contributed by atoms with E-state index in [1.807, 2.05) is 0 Å². The smallest absolute Gasteiger partial charge is 0.414 e. The van der Waals surface area contributed by atoms with Gasteiger partial charge in [0.15, 0.2) is 5.13 Å². The van der Waals surface area contributed by atoms with Gasteiger partial charge in [-0.3, -0.25) is 15.0 Å². The second kappa shape index (κ2) is 6.31. The van der Waals surface area contributed by atoms with Gasteiger partial charge in [-0.2, -0.15) is 0 Å². The second-order valence-corrected chi connectivity index (χ2v) is 5.70. The van der Waals surface area contributed by atoms with Gasteiger partial charge >= 0.3 is 6.09 Å². The van der Waals surface area contributed by atoms with Crippen LogP contribution in [0.25, 0.3) is 0 Å². The topological polar surface area (TPSA) is 97.5 Å². The predicted octanol–water partition coefficient (Wildman–Crippen LogP) is 1.82. The summed E-state index contributed by atoms with van der Waals surface area (Å²) < 4.78 is 19.2. The van der Waals surface area contributed by atoms with E-state index in [1.165, 1.54) is 34.6 Å². The lowest BCUT2D eigenvalue weighted by Crippen LogP contribution is -2.27. The zero-order chi connectivity index (χ0) is 16.4. The molecule has 3 N–H and O–H groups in total. The first kappa shape index (κ1) is 15.4. The van der Waals surface area contributed by atoms with Crippen molar-refractivity contribution >= 4 is 34.2 Å². The van der Waals surface area contributed by atoms with E-state index in [9.17, 15) is 14.0 Å². The number of nitrogens with zero attached hydrogens (tertiary/aromatic N) is 2. The van der Waals surface area contributed by atoms with Crippen molar-refractivity contribution in [1.29, 1.82) is 0 Å². The zero-order valence-electron chi connectivity index (χ0n) is 11.9. The van der Waals surface area contributed by atoms with Crippen LogP contribution in [-0.2, 0) is 4.74 Å². The van der Waals surface area contributed by atoms with Gasteiger partial charge in [0.25, 0.3) is 5.91 Å². The fraction of sp³-hybridized carbons (Fsp3) is 0.214. The Balaban J connectivity index is 1.78. The Bertz CT molecular complexity index is 738. The van der Waals surface area contributed by atoms with Crippen LogP contribution in [0.5, 0.6) is 0 Å². The van der Waals surface area contributed by atoms with E-state index in [4.69, 9.17) is 10.5 Å². The number of amides is 2. The van der Waals surface area contributed by atoms with Gasteiger partial charge in [0.1, 0.15) is 11.9 Å². The van der Waals surface area contributed by atoms with Crippen molar-refractivity contribution in [3.8, 4) is 0 Å². The summed E-state index contributed by atoms with van der Waals surface area (Å²) in [7, 11) is 0. The lowest BCUT2D eigenvalue weighted by Gasteiger charge is -2.14. The van der Waals surface area contributed by atoms with Crippen molar-refractivity contribution in [2.24, 2.45) is 5.73 Å². The monoisotopic (exact) mass is 336 g/mol. The lowest BCUT2D eigenvalue weighted by molar-refractivity contribution is 0.102. The van der Waals surface area contributed by atoms with E-state index in [2.05, 4.69) is 10.3 Å². The Morgan fingerprint density at radius 2 is 2.39 bits per heavy atom. The first-order chi connectivity index (χ1) is 11.1. The summed E-state index contributed by atoms with van der Waals surface area (Å²) in [6.07, 6.45) is 0.533. The highest BCUT2D eigenvalue weighted by Crippen LogP contribution is 2.24. The van der Waals surface area contributed by atoms with Gasteiger partial charge < -0.3 is 10.5 Å². The zero-order valence-corrected chi connectivity index (χ0v) is 12.7. The summed E-state index contributed by atoms with van der Waals surface area (Å²) in [4.78, 5) is 28.9. The number of thiazole rings is 1. The highest BCUT2D eigenvalue weighted by Gasteiger charge is 2.32. The standard InChI is InChI=1S/C14H13FN4O3S/c15-11-5-8(19-7-9(6-16)22-14(19)21)1-2-10(11)12(20)18-13-17-3-4-23-13/h1-5,9H,6-7,16H2,(H,17,18,20)/t9-/m0/s1. The molecule has 0 radical (unpaired) electrons. The molecular weight excluding hydrogens is 323 g/mol. The number of nitrogens with one attached hydrogen (secondary N) is 1. The molecule has 1 aliphatic rings. The second-order valence-electron chi connectivity index (χ2n) is 4.81. The molecule has 0 unspecified atom stereocenters. The number of cyclic esters (lactones) is 1. The molecule has 1 fully saturated rings. The summed E-state index contributed by atoms with van der Waals surface area (Å²) in [5.74, 6) is -1.34. The number of anilines is 2. The Morgan fingerprint density at radius 3 is 3.00 bits per heavy atom. The van der Waals surface area contributed by atoms with E-state index >= 15 is 0 Å². The SMILES string of the molecule is NC[C@H]1CN(c2ccc(C(=O)Nc3nccs3)c(F)c2)C(=O)O1. The first-order valence-corrected chi connectivity index (χ1v) is 7.65. The van der Waals surface area contributed by atoms with Crippen LogP contribution >= 0.6 is 11.3 Å². The molecule has 2 aromatic rings. The average Bonchev–Trinajstić information content (AvgIpc) is 3.16. The van der Waals surface area contributed by atoms with E-state index in [0.717, 1.165) is 6.07 Å². The molecule has 0 bridgehead atoms. The summed E-state index contributed by atoms with van der Waals surface area (Å²) in [5.41, 5.74) is 5.64. The van der Waals surface area contributed by atoms with Gasteiger partial charge in [0.2, 0.25) is 0 Å². The van der Waals surface area contributed by atoms with Gasteiger partial charge in [-0.1, -0.05) is 0 Å². The van der Waals surface area contributed by atoms with Crippen LogP contribution in [0.1, 0.15) is 10.4 Å². The lowest BCUT2D eigenvalue weighted by atomic mass is 10.1. The highest BCUT2D eigenvalue weighted by atomic mass is 32.1. The minimum Gasteiger partial charge on any atom is -0.443 e. The van der Waals surface area contributed by atoms with Crippen molar-refractivity contribution < 1.29 is 18.7 Å². The molecule has 23 heavy (non-hydrogen) atoms. The number of rotatable bonds is 4. The fourth-order valence-electron chi connectivity index (χ4n) is 2.16. The van der Waals surface area contributed by atoms with Crippen LogP contribution in [0.15, 0.2) is 29.8 Å². The third kappa shape index (κ3) is 3.15. The number of halogens is 1. The number of carbonyl (C=O) groups is 2. The Kier molecular flexibility index (Phi) is 4.22. The molecule has 3 rings (SSSR count). The van der Waals surface area contributed by atoms with Gasteiger partial charge in [0, 0.05) is 18.1 Å². The molecule has 1 aromatic carbocycles. The maximum absolute atomic E-state index is 14.2. The Labute approximate surface area is 134 Å². The van der Waals surface area contributed by atoms with Gasteiger partial charge in [-0.25, -0.2) is 14.2 Å². The maximum atomic E-state index is 14.2. The number of hydrogen-bond donors (Lipinski definition) is 2. The van der Waals surface area contributed by atoms with Gasteiger partial charge in [-0.15, -0.1) is 11.3 Å². The van der Waals surface area contributed by atoms with Crippen LogP contribution in [0, 0.1) is 5.82 Å². The normalized spacial score (nSPS) is 17.2. The summed E-state index contributed by atoms with van der Waals surface area (Å²) in [6, 6.07) is 3.92. The third-order valence-electron chi connectivity index (χ3n) is 3.30. The van der Waals surface area contributed by atoms with Crippen LogP contribution in [0.2, 0.25) is 0 Å². The van der Waals surface area contributed by atoms with Crippen molar-refractivity contribution in [2.75, 3.05) is 23.3 Å². The molecule has 0 spiro atoms. The molecule has 2 heterocycles. The van der Waals surface area contributed by atoms with Crippen molar-refractivity contribution in [2.45, 2.75) is 6.10 Å². The molecular formula is C14H13FN4O3S. The molecule has 1 aliphatic heterocycles. The van der Waals surface area contributed by atoms with E-state index in [1.54, 1.807) is 5.38 Å². The number of benzene rings is 1. The van der Waals surface area contributed by atoms with Crippen LogP contribution in [0.3, 0.4) is 0 Å². The Morgan fingerprint density at radius 1 is 1.57 bits per heavy atom. The summed E-state index contributed by atoms with van der Waals surface area (Å²) in [5, 5.41) is 4.58. The minimum atomic E-state index is -0.736. The molecule has 1 atom stereocenters. The number of aromatic nitrogens is 1. The molecule has 7 nitrogen and oxygen atoms in total.